The third-order valence-corrected chi connectivity index (χ3v) is 5.24. The van der Waals surface area contributed by atoms with Crippen LogP contribution in [-0.2, 0) is 32.4 Å². The van der Waals surface area contributed by atoms with Crippen LogP contribution in [0.1, 0.15) is 22.8 Å². The van der Waals surface area contributed by atoms with E-state index in [4.69, 9.17) is 0 Å². The highest BCUT2D eigenvalue weighted by Gasteiger charge is 2.31. The van der Waals surface area contributed by atoms with Crippen molar-refractivity contribution in [2.24, 2.45) is 0 Å². The predicted molar refractivity (Wildman–Crippen MR) is 106 cm³/mol. The lowest BCUT2D eigenvalue weighted by atomic mass is 10.1. The van der Waals surface area contributed by atoms with Gasteiger partial charge in [0.05, 0.1) is 0 Å². The average Bonchev–Trinajstić information content (AvgIpc) is 3.00. The van der Waals surface area contributed by atoms with Gasteiger partial charge in [0, 0.05) is 39.0 Å². The van der Waals surface area contributed by atoms with Crippen LogP contribution in [0.4, 0.5) is 13.2 Å². The lowest BCUT2D eigenvalue weighted by molar-refractivity contribution is -0.274. The van der Waals surface area contributed by atoms with Gasteiger partial charge in [-0.15, -0.1) is 23.4 Å². The fourth-order valence-corrected chi connectivity index (χ4v) is 3.73. The number of benzene rings is 2. The van der Waals surface area contributed by atoms with Crippen LogP contribution in [0.5, 0.6) is 5.75 Å². The molecule has 0 saturated heterocycles. The molecule has 0 atom stereocenters. The summed E-state index contributed by atoms with van der Waals surface area (Å²) in [6.45, 7) is 3.15. The maximum atomic E-state index is 12.3. The molecule has 2 aromatic carbocycles. The molecular formula is C22H23F3N4O. The van der Waals surface area contributed by atoms with Crippen LogP contribution in [0.3, 0.4) is 0 Å². The Morgan fingerprint density at radius 1 is 0.833 bits per heavy atom. The first kappa shape index (κ1) is 20.4. The molecule has 3 aromatic rings. The zero-order valence-electron chi connectivity index (χ0n) is 16.5. The average molecular weight is 416 g/mol. The molecular weight excluding hydrogens is 393 g/mol. The number of fused-ring (bicyclic) bond motifs is 1. The molecule has 0 unspecified atom stereocenters. The smallest absolute Gasteiger partial charge is 0.406 e. The highest BCUT2D eigenvalue weighted by molar-refractivity contribution is 5.27. The van der Waals surface area contributed by atoms with Crippen LogP contribution in [0.2, 0.25) is 0 Å². The summed E-state index contributed by atoms with van der Waals surface area (Å²) in [4.78, 5) is 2.29. The standard InChI is InChI=1S/C22H23F3N4O/c23-22(24,25)30-19-9-6-18(7-10-19)16-28-13-12-21-27-26-20(29(21)15-14-28)11-8-17-4-2-1-3-5-17/h1-7,9-10H,8,11-16H2. The number of aryl methyl sites for hydroxylation is 2. The van der Waals surface area contributed by atoms with Crippen molar-refractivity contribution in [1.29, 1.82) is 0 Å². The molecule has 1 aromatic heterocycles. The summed E-state index contributed by atoms with van der Waals surface area (Å²) < 4.78 is 43.0. The van der Waals surface area contributed by atoms with Gasteiger partial charge in [-0.05, 0) is 29.7 Å². The molecule has 158 valence electrons. The third-order valence-electron chi connectivity index (χ3n) is 5.24. The lowest BCUT2D eigenvalue weighted by Crippen LogP contribution is -2.26. The van der Waals surface area contributed by atoms with Gasteiger partial charge in [-0.25, -0.2) is 0 Å². The molecule has 0 fully saturated rings. The van der Waals surface area contributed by atoms with Gasteiger partial charge in [-0.3, -0.25) is 4.90 Å². The SMILES string of the molecule is FC(F)(F)Oc1ccc(CN2CCc3nnc(CCc4ccccc4)n3CC2)cc1. The molecule has 1 aliphatic heterocycles. The number of halogens is 3. The predicted octanol–water partition coefficient (Wildman–Crippen LogP) is 4.02. The fraction of sp³-hybridized carbons (Fsp3) is 0.364. The first-order valence-corrected chi connectivity index (χ1v) is 9.98. The van der Waals surface area contributed by atoms with Gasteiger partial charge >= 0.3 is 6.36 Å². The third kappa shape index (κ3) is 5.38. The number of ether oxygens (including phenoxy) is 1. The number of hydrogen-bond donors (Lipinski definition) is 0. The van der Waals surface area contributed by atoms with E-state index >= 15 is 0 Å². The van der Waals surface area contributed by atoms with E-state index in [0.29, 0.717) is 6.54 Å². The zero-order valence-corrected chi connectivity index (χ0v) is 16.5. The maximum absolute atomic E-state index is 12.3. The minimum absolute atomic E-state index is 0.198. The van der Waals surface area contributed by atoms with Crippen LogP contribution in [0.25, 0.3) is 0 Å². The Morgan fingerprint density at radius 2 is 1.60 bits per heavy atom. The van der Waals surface area contributed by atoms with Crippen molar-refractivity contribution in [3.05, 3.63) is 77.4 Å². The van der Waals surface area contributed by atoms with Crippen molar-refractivity contribution in [3.63, 3.8) is 0 Å². The zero-order chi connectivity index (χ0) is 21.0. The Labute approximate surface area is 173 Å². The highest BCUT2D eigenvalue weighted by atomic mass is 19.4. The van der Waals surface area contributed by atoms with E-state index in [-0.39, 0.29) is 5.75 Å². The van der Waals surface area contributed by atoms with Gasteiger partial charge in [-0.2, -0.15) is 0 Å². The van der Waals surface area contributed by atoms with E-state index in [1.807, 2.05) is 18.2 Å². The molecule has 0 N–H and O–H groups in total. The van der Waals surface area contributed by atoms with Crippen molar-refractivity contribution in [2.75, 3.05) is 13.1 Å². The Morgan fingerprint density at radius 3 is 2.33 bits per heavy atom. The fourth-order valence-electron chi connectivity index (χ4n) is 3.73. The summed E-state index contributed by atoms with van der Waals surface area (Å²) in [6, 6.07) is 16.4. The first-order chi connectivity index (χ1) is 14.5. The number of hydrogen-bond acceptors (Lipinski definition) is 4. The van der Waals surface area contributed by atoms with E-state index in [9.17, 15) is 13.2 Å². The monoisotopic (exact) mass is 416 g/mol. The molecule has 5 nitrogen and oxygen atoms in total. The molecule has 2 heterocycles. The van der Waals surface area contributed by atoms with Crippen LogP contribution < -0.4 is 4.74 Å². The normalized spacial score (nSPS) is 14.9. The molecule has 0 saturated carbocycles. The van der Waals surface area contributed by atoms with Crippen molar-refractivity contribution in [1.82, 2.24) is 19.7 Å². The van der Waals surface area contributed by atoms with Crippen molar-refractivity contribution in [3.8, 4) is 5.75 Å². The molecule has 0 bridgehead atoms. The van der Waals surface area contributed by atoms with E-state index in [0.717, 1.165) is 56.1 Å². The molecule has 0 radical (unpaired) electrons. The minimum Gasteiger partial charge on any atom is -0.406 e. The minimum atomic E-state index is -4.67. The number of alkyl halides is 3. The Kier molecular flexibility index (Phi) is 6.03. The van der Waals surface area contributed by atoms with Crippen LogP contribution in [0.15, 0.2) is 54.6 Å². The number of aromatic nitrogens is 3. The second-order valence-electron chi connectivity index (χ2n) is 7.39. The quantitative estimate of drug-likeness (QED) is 0.609. The van der Waals surface area contributed by atoms with Crippen LogP contribution in [-0.4, -0.2) is 39.1 Å². The van der Waals surface area contributed by atoms with Gasteiger partial charge in [0.1, 0.15) is 17.4 Å². The molecule has 0 aliphatic carbocycles. The summed E-state index contributed by atoms with van der Waals surface area (Å²) in [5.41, 5.74) is 2.23. The second-order valence-corrected chi connectivity index (χ2v) is 7.39. The number of rotatable bonds is 6. The van der Waals surface area contributed by atoms with E-state index in [1.165, 1.54) is 17.7 Å². The number of nitrogens with zero attached hydrogens (tertiary/aromatic N) is 4. The van der Waals surface area contributed by atoms with Crippen molar-refractivity contribution < 1.29 is 17.9 Å². The topological polar surface area (TPSA) is 43.2 Å². The molecule has 0 amide bonds. The van der Waals surface area contributed by atoms with Crippen molar-refractivity contribution >= 4 is 0 Å². The van der Waals surface area contributed by atoms with Gasteiger partial charge < -0.3 is 9.30 Å². The van der Waals surface area contributed by atoms with Gasteiger partial charge in [-0.1, -0.05) is 42.5 Å². The molecule has 1 aliphatic rings. The molecule has 4 rings (SSSR count). The van der Waals surface area contributed by atoms with Gasteiger partial charge in [0.15, 0.2) is 0 Å². The molecule has 30 heavy (non-hydrogen) atoms. The Bertz CT molecular complexity index is 955. The van der Waals surface area contributed by atoms with Gasteiger partial charge in [0.2, 0.25) is 0 Å². The van der Waals surface area contributed by atoms with Crippen molar-refractivity contribution in [2.45, 2.75) is 38.7 Å². The Hall–Kier alpha value is -2.87. The highest BCUT2D eigenvalue weighted by Crippen LogP contribution is 2.23. The van der Waals surface area contributed by atoms with E-state index in [1.54, 1.807) is 12.1 Å². The lowest BCUT2D eigenvalue weighted by Gasteiger charge is -2.20. The van der Waals surface area contributed by atoms with E-state index < -0.39 is 6.36 Å². The summed E-state index contributed by atoms with van der Waals surface area (Å²) in [7, 11) is 0. The summed E-state index contributed by atoms with van der Waals surface area (Å²) in [5.74, 6) is 1.80. The Balaban J connectivity index is 1.34. The van der Waals surface area contributed by atoms with Crippen LogP contribution in [0, 0.1) is 0 Å². The maximum Gasteiger partial charge on any atom is 0.573 e. The molecule has 8 heteroatoms. The largest absolute Gasteiger partial charge is 0.573 e. The first-order valence-electron chi connectivity index (χ1n) is 9.98. The second kappa shape index (κ2) is 8.87. The van der Waals surface area contributed by atoms with E-state index in [2.05, 4.69) is 36.5 Å². The van der Waals surface area contributed by atoms with Gasteiger partial charge in [0.25, 0.3) is 0 Å². The summed E-state index contributed by atoms with van der Waals surface area (Å²) in [6.07, 6.45) is -2.10. The summed E-state index contributed by atoms with van der Waals surface area (Å²) >= 11 is 0. The summed E-state index contributed by atoms with van der Waals surface area (Å²) in [5, 5.41) is 8.77. The molecule has 0 spiro atoms. The van der Waals surface area contributed by atoms with Crippen LogP contribution >= 0.6 is 0 Å².